The first-order valence-electron chi connectivity index (χ1n) is 6.38. The Hall–Kier alpha value is -1.74. The standard InChI is InChI=1S/C13H12ClF3N4OS/c1-7(10(22)18-9-5-3-8(14)4-6-9)23-12-20-19-11(21(12)2)13(15,16)17/h3-7H,1-2H3,(H,18,22)/t7-/m1/s1. The highest BCUT2D eigenvalue weighted by Crippen LogP contribution is 2.31. The Morgan fingerprint density at radius 3 is 2.43 bits per heavy atom. The number of aromatic nitrogens is 3. The van der Waals surface area contributed by atoms with Gasteiger partial charge in [-0.15, -0.1) is 10.2 Å². The Morgan fingerprint density at radius 1 is 1.30 bits per heavy atom. The number of carbonyl (C=O) groups excluding carboxylic acids is 1. The van der Waals surface area contributed by atoms with Crippen LogP contribution >= 0.6 is 23.4 Å². The first-order valence-corrected chi connectivity index (χ1v) is 7.64. The van der Waals surface area contributed by atoms with Crippen LogP contribution in [0.4, 0.5) is 18.9 Å². The van der Waals surface area contributed by atoms with E-state index in [0.29, 0.717) is 10.7 Å². The quantitative estimate of drug-likeness (QED) is 0.842. The molecular formula is C13H12ClF3N4OS. The van der Waals surface area contributed by atoms with Crippen LogP contribution in [0.3, 0.4) is 0 Å². The van der Waals surface area contributed by atoms with Crippen LogP contribution in [0, 0.1) is 0 Å². The maximum absolute atomic E-state index is 12.7. The van der Waals surface area contributed by atoms with Crippen molar-refractivity contribution >= 4 is 35.0 Å². The molecule has 1 aromatic carbocycles. The van der Waals surface area contributed by atoms with E-state index in [9.17, 15) is 18.0 Å². The fraction of sp³-hybridized carbons (Fsp3) is 0.308. The maximum atomic E-state index is 12.7. The van der Waals surface area contributed by atoms with Gasteiger partial charge < -0.3 is 9.88 Å². The van der Waals surface area contributed by atoms with E-state index in [0.717, 1.165) is 16.3 Å². The SMILES string of the molecule is C[C@@H](Sc1nnc(C(F)(F)F)n1C)C(=O)Nc1ccc(Cl)cc1. The molecule has 0 aliphatic heterocycles. The summed E-state index contributed by atoms with van der Waals surface area (Å²) in [6.07, 6.45) is -4.59. The first kappa shape index (κ1) is 17.6. The van der Waals surface area contributed by atoms with E-state index in [1.54, 1.807) is 31.2 Å². The van der Waals surface area contributed by atoms with E-state index in [-0.39, 0.29) is 11.1 Å². The van der Waals surface area contributed by atoms with Gasteiger partial charge in [0.05, 0.1) is 5.25 Å². The lowest BCUT2D eigenvalue weighted by Gasteiger charge is -2.12. The summed E-state index contributed by atoms with van der Waals surface area (Å²) in [5, 5.41) is 9.13. The zero-order chi connectivity index (χ0) is 17.2. The largest absolute Gasteiger partial charge is 0.451 e. The zero-order valence-electron chi connectivity index (χ0n) is 12.1. The third kappa shape index (κ3) is 4.38. The molecule has 2 rings (SSSR count). The second kappa shape index (κ2) is 6.79. The number of amides is 1. The maximum Gasteiger partial charge on any atom is 0.451 e. The van der Waals surface area contributed by atoms with Crippen LogP contribution < -0.4 is 5.32 Å². The van der Waals surface area contributed by atoms with Crippen LogP contribution in [0.25, 0.3) is 0 Å². The normalized spacial score (nSPS) is 13.0. The number of hydrogen-bond donors (Lipinski definition) is 1. The predicted octanol–water partition coefficient (Wildman–Crippen LogP) is 3.61. The third-order valence-electron chi connectivity index (χ3n) is 2.85. The minimum absolute atomic E-state index is 0.0103. The highest BCUT2D eigenvalue weighted by atomic mass is 35.5. The molecule has 2 aromatic rings. The smallest absolute Gasteiger partial charge is 0.325 e. The molecule has 124 valence electrons. The summed E-state index contributed by atoms with van der Waals surface area (Å²) in [5.41, 5.74) is 0.542. The van der Waals surface area contributed by atoms with Gasteiger partial charge in [-0.25, -0.2) is 0 Å². The van der Waals surface area contributed by atoms with Gasteiger partial charge in [0.25, 0.3) is 0 Å². The highest BCUT2D eigenvalue weighted by molar-refractivity contribution is 8.00. The van der Waals surface area contributed by atoms with Crippen molar-refractivity contribution < 1.29 is 18.0 Å². The molecular weight excluding hydrogens is 353 g/mol. The van der Waals surface area contributed by atoms with Crippen molar-refractivity contribution in [2.24, 2.45) is 7.05 Å². The van der Waals surface area contributed by atoms with Crippen molar-refractivity contribution in [2.75, 3.05) is 5.32 Å². The molecule has 0 unspecified atom stereocenters. The van der Waals surface area contributed by atoms with Crippen LogP contribution in [-0.2, 0) is 18.0 Å². The summed E-state index contributed by atoms with van der Waals surface area (Å²) in [6.45, 7) is 1.57. The molecule has 0 aliphatic rings. The minimum Gasteiger partial charge on any atom is -0.325 e. The summed E-state index contributed by atoms with van der Waals surface area (Å²) in [6, 6.07) is 6.49. The average molecular weight is 365 g/mol. The lowest BCUT2D eigenvalue weighted by Crippen LogP contribution is -2.23. The van der Waals surface area contributed by atoms with E-state index in [1.807, 2.05) is 0 Å². The fourth-order valence-electron chi connectivity index (χ4n) is 1.65. The number of halogens is 4. The van der Waals surface area contributed by atoms with E-state index < -0.39 is 17.3 Å². The molecule has 10 heteroatoms. The number of anilines is 1. The number of nitrogens with one attached hydrogen (secondary N) is 1. The number of alkyl halides is 3. The summed E-state index contributed by atoms with van der Waals surface area (Å²) in [7, 11) is 1.20. The van der Waals surface area contributed by atoms with E-state index in [4.69, 9.17) is 11.6 Å². The van der Waals surface area contributed by atoms with Crippen molar-refractivity contribution in [3.8, 4) is 0 Å². The summed E-state index contributed by atoms with van der Waals surface area (Å²) in [5.74, 6) is -1.47. The number of benzene rings is 1. The molecule has 0 radical (unpaired) electrons. The van der Waals surface area contributed by atoms with Crippen molar-refractivity contribution in [3.63, 3.8) is 0 Å². The zero-order valence-corrected chi connectivity index (χ0v) is 13.6. The molecule has 0 bridgehead atoms. The molecule has 1 aromatic heterocycles. The van der Waals surface area contributed by atoms with E-state index in [2.05, 4.69) is 15.5 Å². The van der Waals surface area contributed by atoms with E-state index >= 15 is 0 Å². The van der Waals surface area contributed by atoms with Crippen LogP contribution in [-0.4, -0.2) is 25.9 Å². The van der Waals surface area contributed by atoms with Crippen molar-refractivity contribution in [1.82, 2.24) is 14.8 Å². The second-order valence-electron chi connectivity index (χ2n) is 4.62. The topological polar surface area (TPSA) is 59.8 Å². The Balaban J connectivity index is 2.04. The number of carbonyl (C=O) groups is 1. The van der Waals surface area contributed by atoms with E-state index in [1.165, 1.54) is 7.05 Å². The van der Waals surface area contributed by atoms with Crippen LogP contribution in [0.15, 0.2) is 29.4 Å². The Kier molecular flexibility index (Phi) is 5.20. The van der Waals surface area contributed by atoms with Gasteiger partial charge in [-0.3, -0.25) is 4.79 Å². The van der Waals surface area contributed by atoms with Crippen molar-refractivity contribution in [1.29, 1.82) is 0 Å². The van der Waals surface area contributed by atoms with Gasteiger partial charge in [-0.05, 0) is 31.2 Å². The van der Waals surface area contributed by atoms with Gasteiger partial charge in [0.2, 0.25) is 11.7 Å². The molecule has 0 saturated carbocycles. The minimum atomic E-state index is -4.59. The summed E-state index contributed by atoms with van der Waals surface area (Å²) >= 11 is 6.64. The number of rotatable bonds is 4. The second-order valence-corrected chi connectivity index (χ2v) is 6.36. The third-order valence-corrected chi connectivity index (χ3v) is 4.24. The van der Waals surface area contributed by atoms with Gasteiger partial charge in [-0.2, -0.15) is 13.2 Å². The Bertz CT molecular complexity index is 702. The molecule has 1 atom stereocenters. The predicted molar refractivity (Wildman–Crippen MR) is 81.4 cm³/mol. The summed E-state index contributed by atoms with van der Waals surface area (Å²) < 4.78 is 38.8. The van der Waals surface area contributed by atoms with Crippen LogP contribution in [0.2, 0.25) is 5.02 Å². The molecule has 0 saturated heterocycles. The Labute approximate surface area is 139 Å². The van der Waals surface area contributed by atoms with Crippen LogP contribution in [0.5, 0.6) is 0 Å². The van der Waals surface area contributed by atoms with Crippen LogP contribution in [0.1, 0.15) is 12.7 Å². The van der Waals surface area contributed by atoms with Crippen molar-refractivity contribution in [2.45, 2.75) is 23.5 Å². The summed E-state index contributed by atoms with van der Waals surface area (Å²) in [4.78, 5) is 12.1. The monoisotopic (exact) mass is 364 g/mol. The molecule has 0 spiro atoms. The molecule has 0 fully saturated rings. The number of nitrogens with zero attached hydrogens (tertiary/aromatic N) is 3. The van der Waals surface area contributed by atoms with Gasteiger partial charge in [0, 0.05) is 17.8 Å². The molecule has 5 nitrogen and oxygen atoms in total. The lowest BCUT2D eigenvalue weighted by molar-refractivity contribution is -0.147. The fourth-order valence-corrected chi connectivity index (χ4v) is 2.59. The Morgan fingerprint density at radius 2 is 1.91 bits per heavy atom. The molecule has 1 amide bonds. The molecule has 23 heavy (non-hydrogen) atoms. The average Bonchev–Trinajstić information content (AvgIpc) is 2.82. The van der Waals surface area contributed by atoms with Crippen molar-refractivity contribution in [3.05, 3.63) is 35.1 Å². The highest BCUT2D eigenvalue weighted by Gasteiger charge is 2.37. The van der Waals surface area contributed by atoms with Gasteiger partial charge in [0.1, 0.15) is 0 Å². The first-order chi connectivity index (χ1) is 10.7. The number of thioether (sulfide) groups is 1. The van der Waals surface area contributed by atoms with Gasteiger partial charge in [0.15, 0.2) is 5.16 Å². The lowest BCUT2D eigenvalue weighted by atomic mass is 10.3. The van der Waals surface area contributed by atoms with Gasteiger partial charge in [-0.1, -0.05) is 23.4 Å². The molecule has 0 aliphatic carbocycles. The molecule has 1 N–H and O–H groups in total. The molecule has 1 heterocycles. The number of hydrogen-bond acceptors (Lipinski definition) is 4. The van der Waals surface area contributed by atoms with Gasteiger partial charge >= 0.3 is 6.18 Å².